The Morgan fingerprint density at radius 1 is 0.686 bits per heavy atom. The van der Waals surface area contributed by atoms with Crippen LogP contribution in [0.15, 0.2) is 60.7 Å². The Morgan fingerprint density at radius 3 is 1.54 bits per heavy atom. The molecule has 0 amide bonds. The Morgan fingerprint density at radius 2 is 1.14 bits per heavy atom. The van der Waals surface area contributed by atoms with Gasteiger partial charge in [-0.2, -0.15) is 15.0 Å². The van der Waals surface area contributed by atoms with Crippen LogP contribution in [0, 0.1) is 0 Å². The van der Waals surface area contributed by atoms with E-state index in [1.54, 1.807) is 0 Å². The van der Waals surface area contributed by atoms with Crippen molar-refractivity contribution in [1.29, 1.82) is 0 Å². The normalized spacial score (nSPS) is 19.7. The number of nitrogens with zero attached hydrogens (tertiary/aromatic N) is 5. The largest absolute Gasteiger partial charge is 0.353 e. The summed E-state index contributed by atoms with van der Waals surface area (Å²) in [6.07, 6.45) is -0.163. The molecule has 0 N–H and O–H groups in total. The molecular formula is C25H28ClN5O4. The minimum atomic E-state index is -0.0813. The minimum Gasteiger partial charge on any atom is -0.353 e. The van der Waals surface area contributed by atoms with Gasteiger partial charge >= 0.3 is 0 Å². The summed E-state index contributed by atoms with van der Waals surface area (Å²) in [6.45, 7) is 3.95. The van der Waals surface area contributed by atoms with Crippen molar-refractivity contribution < 1.29 is 18.9 Å². The molecule has 0 spiro atoms. The molecule has 2 unspecified atom stereocenters. The number of ether oxygens (including phenoxy) is 4. The maximum Gasteiger partial charge on any atom is 0.231 e. The van der Waals surface area contributed by atoms with E-state index in [1.807, 2.05) is 36.4 Å². The van der Waals surface area contributed by atoms with Crippen molar-refractivity contribution in [3.05, 3.63) is 77.1 Å². The fraction of sp³-hybridized carbons (Fsp3) is 0.400. The minimum absolute atomic E-state index is 0.0813. The lowest BCUT2D eigenvalue weighted by atomic mass is 10.2. The van der Waals surface area contributed by atoms with Crippen LogP contribution in [0.1, 0.15) is 11.1 Å². The Bertz CT molecular complexity index is 984. The monoisotopic (exact) mass is 497 g/mol. The highest BCUT2D eigenvalue weighted by Gasteiger charge is 2.26. The second-order valence-electron chi connectivity index (χ2n) is 8.49. The van der Waals surface area contributed by atoms with Gasteiger partial charge in [-0.15, -0.1) is 0 Å². The van der Waals surface area contributed by atoms with Crippen LogP contribution < -0.4 is 9.80 Å². The summed E-state index contributed by atoms with van der Waals surface area (Å²) in [4.78, 5) is 17.9. The van der Waals surface area contributed by atoms with E-state index in [4.69, 9.17) is 35.5 Å². The van der Waals surface area contributed by atoms with Crippen LogP contribution in [-0.4, -0.2) is 67.0 Å². The van der Waals surface area contributed by atoms with E-state index in [9.17, 15) is 0 Å². The summed E-state index contributed by atoms with van der Waals surface area (Å²) < 4.78 is 22.2. The van der Waals surface area contributed by atoms with Crippen LogP contribution in [0.2, 0.25) is 5.28 Å². The Hall–Kier alpha value is -2.82. The first-order chi connectivity index (χ1) is 17.2. The van der Waals surface area contributed by atoms with Crippen molar-refractivity contribution in [2.75, 3.05) is 49.7 Å². The maximum absolute atomic E-state index is 6.45. The van der Waals surface area contributed by atoms with Gasteiger partial charge in [-0.1, -0.05) is 60.7 Å². The van der Waals surface area contributed by atoms with Gasteiger partial charge in [0.2, 0.25) is 17.2 Å². The molecule has 2 saturated heterocycles. The van der Waals surface area contributed by atoms with E-state index in [1.165, 1.54) is 0 Å². The zero-order valence-electron chi connectivity index (χ0n) is 19.3. The van der Waals surface area contributed by atoms with Crippen molar-refractivity contribution in [3.8, 4) is 0 Å². The molecule has 2 atom stereocenters. The highest BCUT2D eigenvalue weighted by molar-refractivity contribution is 6.28. The first kappa shape index (κ1) is 23.9. The van der Waals surface area contributed by atoms with Crippen molar-refractivity contribution >= 4 is 23.5 Å². The summed E-state index contributed by atoms with van der Waals surface area (Å²) >= 11 is 6.45. The lowest BCUT2D eigenvalue weighted by molar-refractivity contribution is 0.0483. The zero-order chi connectivity index (χ0) is 23.9. The maximum atomic E-state index is 6.45. The number of benzene rings is 2. The van der Waals surface area contributed by atoms with Crippen molar-refractivity contribution in [3.63, 3.8) is 0 Å². The molecule has 184 valence electrons. The Balaban J connectivity index is 1.44. The number of aromatic nitrogens is 3. The second-order valence-corrected chi connectivity index (χ2v) is 8.83. The van der Waals surface area contributed by atoms with Gasteiger partial charge in [0.1, 0.15) is 25.8 Å². The van der Waals surface area contributed by atoms with Gasteiger partial charge in [-0.25, -0.2) is 0 Å². The first-order valence-electron chi connectivity index (χ1n) is 11.6. The number of rotatable bonds is 10. The fourth-order valence-corrected chi connectivity index (χ4v) is 4.25. The van der Waals surface area contributed by atoms with E-state index in [2.05, 4.69) is 44.0 Å². The topological polar surface area (TPSA) is 82.1 Å². The first-order valence-corrected chi connectivity index (χ1v) is 12.0. The zero-order valence-corrected chi connectivity index (χ0v) is 20.1. The molecule has 10 heteroatoms. The van der Waals surface area contributed by atoms with E-state index < -0.39 is 0 Å². The predicted molar refractivity (Wildman–Crippen MR) is 131 cm³/mol. The smallest absolute Gasteiger partial charge is 0.231 e. The third-order valence-corrected chi connectivity index (χ3v) is 5.98. The molecule has 3 heterocycles. The second kappa shape index (κ2) is 11.7. The molecule has 3 aromatic rings. The summed E-state index contributed by atoms with van der Waals surface area (Å²) in [5.74, 6) is 0.974. The van der Waals surface area contributed by atoms with Gasteiger partial charge in [-0.3, -0.25) is 0 Å². The van der Waals surface area contributed by atoms with Gasteiger partial charge in [0.05, 0.1) is 13.2 Å². The average molecular weight is 498 g/mol. The van der Waals surface area contributed by atoms with Crippen LogP contribution in [0.3, 0.4) is 0 Å². The lowest BCUT2D eigenvalue weighted by Gasteiger charge is -2.28. The van der Waals surface area contributed by atoms with Crippen molar-refractivity contribution in [1.82, 2.24) is 15.0 Å². The number of halogens is 1. The van der Waals surface area contributed by atoms with E-state index in [0.717, 1.165) is 11.1 Å². The molecule has 0 radical (unpaired) electrons. The summed E-state index contributed by atoms with van der Waals surface area (Å²) in [5, 5.41) is 0.133. The van der Waals surface area contributed by atoms with Gasteiger partial charge in [0.25, 0.3) is 0 Å². The lowest BCUT2D eigenvalue weighted by Crippen LogP contribution is -2.37. The molecule has 2 aromatic carbocycles. The third-order valence-electron chi connectivity index (χ3n) is 5.81. The van der Waals surface area contributed by atoms with Crippen LogP contribution >= 0.6 is 11.6 Å². The molecule has 9 nitrogen and oxygen atoms in total. The van der Waals surface area contributed by atoms with Crippen molar-refractivity contribution in [2.24, 2.45) is 0 Å². The molecule has 2 aliphatic rings. The van der Waals surface area contributed by atoms with Gasteiger partial charge in [-0.05, 0) is 22.7 Å². The van der Waals surface area contributed by atoms with Crippen molar-refractivity contribution in [2.45, 2.75) is 25.3 Å². The molecule has 2 aliphatic heterocycles. The molecule has 5 rings (SSSR count). The molecule has 2 fully saturated rings. The van der Waals surface area contributed by atoms with E-state index in [-0.39, 0.29) is 17.5 Å². The van der Waals surface area contributed by atoms with Gasteiger partial charge in [0, 0.05) is 26.2 Å². The van der Waals surface area contributed by atoms with Gasteiger partial charge in [0.15, 0.2) is 0 Å². The number of anilines is 2. The Kier molecular flexibility index (Phi) is 8.02. The molecule has 0 aliphatic carbocycles. The number of hydrogen-bond donors (Lipinski definition) is 0. The van der Waals surface area contributed by atoms with E-state index >= 15 is 0 Å². The van der Waals surface area contributed by atoms with Crippen LogP contribution in [0.25, 0.3) is 0 Å². The fourth-order valence-electron chi connectivity index (χ4n) is 4.10. The molecule has 35 heavy (non-hydrogen) atoms. The quantitative estimate of drug-likeness (QED) is 0.419. The molecular weight excluding hydrogens is 470 g/mol. The standard InChI is InChI=1S/C25H28ClN5O4/c26-23-27-24(30(13-21-15-32-17-34-21)11-19-7-3-1-4-8-19)29-25(28-23)31(14-22-16-33-18-35-22)12-20-9-5-2-6-10-20/h1-10,21-22H,11-18H2. The van der Waals surface area contributed by atoms with Crippen LogP contribution in [-0.2, 0) is 32.0 Å². The SMILES string of the molecule is Clc1nc(N(Cc2ccccc2)CC2COCO2)nc(N(Cc2ccccc2)CC2COCO2)n1. The summed E-state index contributed by atoms with van der Waals surface area (Å²) in [6, 6.07) is 20.3. The third kappa shape index (κ3) is 6.65. The predicted octanol–water partition coefficient (Wildman–Crippen LogP) is 3.28. The van der Waals surface area contributed by atoms with Crippen LogP contribution in [0.4, 0.5) is 11.9 Å². The number of hydrogen-bond acceptors (Lipinski definition) is 9. The molecule has 0 bridgehead atoms. The highest BCUT2D eigenvalue weighted by atomic mass is 35.5. The van der Waals surface area contributed by atoms with Crippen LogP contribution in [0.5, 0.6) is 0 Å². The summed E-state index contributed by atoms with van der Waals surface area (Å²) in [7, 11) is 0. The van der Waals surface area contributed by atoms with Gasteiger partial charge < -0.3 is 28.7 Å². The highest BCUT2D eigenvalue weighted by Crippen LogP contribution is 2.23. The molecule has 1 aromatic heterocycles. The average Bonchev–Trinajstić information content (AvgIpc) is 3.59. The molecule has 0 saturated carbocycles. The van der Waals surface area contributed by atoms with E-state index in [0.29, 0.717) is 64.9 Å². The summed E-state index contributed by atoms with van der Waals surface area (Å²) in [5.41, 5.74) is 2.25. The Labute approximate surface area is 209 Å².